The van der Waals surface area contributed by atoms with Crippen LogP contribution in [0.25, 0.3) is 0 Å². The Labute approximate surface area is 153 Å². The quantitative estimate of drug-likeness (QED) is 0.593. The number of aliphatic imine (C=N–C) groups is 1. The number of guanidine groups is 1. The van der Waals surface area contributed by atoms with E-state index in [1.165, 1.54) is 38.9 Å². The van der Waals surface area contributed by atoms with Crippen LogP contribution in [0.15, 0.2) is 4.99 Å². The molecule has 3 rings (SSSR count). The molecule has 0 aromatic carbocycles. The summed E-state index contributed by atoms with van der Waals surface area (Å²) >= 11 is 0. The van der Waals surface area contributed by atoms with Crippen molar-refractivity contribution in [3.63, 3.8) is 0 Å². The first-order valence-corrected chi connectivity index (χ1v) is 10.1. The first-order valence-electron chi connectivity index (χ1n) is 10.1. The van der Waals surface area contributed by atoms with Crippen LogP contribution in [0, 0.1) is 5.92 Å². The normalized spacial score (nSPS) is 28.1. The van der Waals surface area contributed by atoms with Crippen LogP contribution in [-0.2, 0) is 4.74 Å². The third kappa shape index (κ3) is 4.66. The number of ether oxygens (including phenoxy) is 1. The maximum atomic E-state index is 5.59. The van der Waals surface area contributed by atoms with E-state index >= 15 is 0 Å². The number of hydrogen-bond donors (Lipinski definition) is 1. The molecule has 6 nitrogen and oxygen atoms in total. The van der Waals surface area contributed by atoms with Crippen molar-refractivity contribution in [1.29, 1.82) is 0 Å². The van der Waals surface area contributed by atoms with Crippen LogP contribution in [-0.4, -0.2) is 99.8 Å². The third-order valence-corrected chi connectivity index (χ3v) is 6.46. The molecule has 3 aliphatic rings. The molecule has 1 N–H and O–H groups in total. The van der Waals surface area contributed by atoms with Gasteiger partial charge in [0.1, 0.15) is 0 Å². The molecule has 0 aromatic heterocycles. The summed E-state index contributed by atoms with van der Waals surface area (Å²) in [5, 5.41) is 3.68. The van der Waals surface area contributed by atoms with Gasteiger partial charge in [-0.15, -0.1) is 0 Å². The summed E-state index contributed by atoms with van der Waals surface area (Å²) in [6.45, 7) is 8.83. The Kier molecular flexibility index (Phi) is 6.58. The van der Waals surface area contributed by atoms with E-state index in [1.807, 2.05) is 7.05 Å². The molecule has 6 heteroatoms. The molecule has 3 aliphatic heterocycles. The molecule has 3 saturated heterocycles. The summed E-state index contributed by atoms with van der Waals surface area (Å²) in [5.74, 6) is 1.87. The molecule has 0 aliphatic carbocycles. The highest BCUT2D eigenvalue weighted by atomic mass is 16.5. The Balaban J connectivity index is 1.50. The Morgan fingerprint density at radius 3 is 2.56 bits per heavy atom. The first-order chi connectivity index (χ1) is 12.1. The van der Waals surface area contributed by atoms with Crippen LogP contribution in [0.3, 0.4) is 0 Å². The van der Waals surface area contributed by atoms with Gasteiger partial charge in [0, 0.05) is 52.0 Å². The predicted molar refractivity (Wildman–Crippen MR) is 103 cm³/mol. The Bertz CT molecular complexity index is 441. The topological polar surface area (TPSA) is 43.3 Å². The van der Waals surface area contributed by atoms with E-state index in [2.05, 4.69) is 39.1 Å². The van der Waals surface area contributed by atoms with E-state index in [-0.39, 0.29) is 5.54 Å². The van der Waals surface area contributed by atoms with Crippen molar-refractivity contribution in [1.82, 2.24) is 20.0 Å². The smallest absolute Gasteiger partial charge is 0.193 e. The summed E-state index contributed by atoms with van der Waals surface area (Å²) in [4.78, 5) is 12.1. The van der Waals surface area contributed by atoms with Crippen LogP contribution < -0.4 is 5.32 Å². The minimum absolute atomic E-state index is 0.183. The highest BCUT2D eigenvalue weighted by Gasteiger charge is 2.36. The Morgan fingerprint density at radius 1 is 1.20 bits per heavy atom. The molecule has 0 saturated carbocycles. The van der Waals surface area contributed by atoms with Crippen LogP contribution in [0.2, 0.25) is 0 Å². The van der Waals surface area contributed by atoms with E-state index in [0.717, 1.165) is 57.6 Å². The van der Waals surface area contributed by atoms with Gasteiger partial charge in [-0.1, -0.05) is 0 Å². The minimum atomic E-state index is 0.183. The molecular weight excluding hydrogens is 314 g/mol. The van der Waals surface area contributed by atoms with E-state index in [9.17, 15) is 0 Å². The number of likely N-dealkylation sites (N-methyl/N-ethyl adjacent to an activating group) is 1. The molecule has 0 amide bonds. The van der Waals surface area contributed by atoms with Crippen molar-refractivity contribution in [2.45, 2.75) is 37.6 Å². The largest absolute Gasteiger partial charge is 0.381 e. The zero-order valence-electron chi connectivity index (χ0n) is 16.5. The van der Waals surface area contributed by atoms with Gasteiger partial charge in [-0.3, -0.25) is 4.99 Å². The maximum Gasteiger partial charge on any atom is 0.193 e. The molecule has 144 valence electrons. The fourth-order valence-electron chi connectivity index (χ4n) is 4.61. The molecule has 3 heterocycles. The summed E-state index contributed by atoms with van der Waals surface area (Å²) < 4.78 is 5.59. The van der Waals surface area contributed by atoms with E-state index in [1.54, 1.807) is 0 Å². The van der Waals surface area contributed by atoms with E-state index in [4.69, 9.17) is 4.74 Å². The number of nitrogens with one attached hydrogen (secondary N) is 1. The lowest BCUT2D eigenvalue weighted by Gasteiger charge is -2.43. The molecule has 0 bridgehead atoms. The van der Waals surface area contributed by atoms with E-state index in [0.29, 0.717) is 0 Å². The molecular formula is C19H37N5O. The van der Waals surface area contributed by atoms with Crippen molar-refractivity contribution in [3.8, 4) is 0 Å². The molecule has 0 spiro atoms. The second-order valence-electron chi connectivity index (χ2n) is 8.24. The molecule has 25 heavy (non-hydrogen) atoms. The molecule has 3 fully saturated rings. The lowest BCUT2D eigenvalue weighted by molar-refractivity contribution is -0.00522. The van der Waals surface area contributed by atoms with Crippen molar-refractivity contribution < 1.29 is 4.74 Å². The summed E-state index contributed by atoms with van der Waals surface area (Å²) in [6, 6.07) is 0. The average Bonchev–Trinajstić information content (AvgIpc) is 3.29. The minimum Gasteiger partial charge on any atom is -0.381 e. The fourth-order valence-corrected chi connectivity index (χ4v) is 4.61. The zero-order valence-corrected chi connectivity index (χ0v) is 16.5. The summed E-state index contributed by atoms with van der Waals surface area (Å²) in [6.07, 6.45) is 6.24. The van der Waals surface area contributed by atoms with E-state index < -0.39 is 0 Å². The van der Waals surface area contributed by atoms with Crippen molar-refractivity contribution >= 4 is 5.96 Å². The van der Waals surface area contributed by atoms with Crippen LogP contribution in [0.4, 0.5) is 0 Å². The highest BCUT2D eigenvalue weighted by molar-refractivity contribution is 5.80. The molecule has 0 aromatic rings. The van der Waals surface area contributed by atoms with Gasteiger partial charge in [-0.25, -0.2) is 0 Å². The van der Waals surface area contributed by atoms with Crippen LogP contribution in [0.5, 0.6) is 0 Å². The molecule has 0 radical (unpaired) electrons. The number of nitrogens with zero attached hydrogens (tertiary/aromatic N) is 4. The first kappa shape index (κ1) is 18.9. The van der Waals surface area contributed by atoms with Crippen LogP contribution >= 0.6 is 0 Å². The predicted octanol–water partition coefficient (Wildman–Crippen LogP) is 1.09. The highest BCUT2D eigenvalue weighted by Crippen LogP contribution is 2.25. The summed E-state index contributed by atoms with van der Waals surface area (Å²) in [5.41, 5.74) is 0.183. The molecule has 1 atom stereocenters. The van der Waals surface area contributed by atoms with Gasteiger partial charge in [0.05, 0.1) is 0 Å². The van der Waals surface area contributed by atoms with Gasteiger partial charge < -0.3 is 24.8 Å². The Morgan fingerprint density at radius 2 is 1.92 bits per heavy atom. The third-order valence-electron chi connectivity index (χ3n) is 6.46. The van der Waals surface area contributed by atoms with Gasteiger partial charge in [-0.2, -0.15) is 0 Å². The Hall–Kier alpha value is -0.850. The second-order valence-corrected chi connectivity index (χ2v) is 8.24. The second kappa shape index (κ2) is 8.69. The average molecular weight is 352 g/mol. The van der Waals surface area contributed by atoms with Crippen molar-refractivity contribution in [2.24, 2.45) is 10.9 Å². The monoisotopic (exact) mass is 351 g/mol. The van der Waals surface area contributed by atoms with Gasteiger partial charge >= 0.3 is 0 Å². The fraction of sp³-hybridized carbons (Fsp3) is 0.947. The number of rotatable bonds is 5. The van der Waals surface area contributed by atoms with Crippen LogP contribution in [0.1, 0.15) is 32.1 Å². The SMILES string of the molecule is CN=C(NCC1(N(C)C)CCOCC1)N1CCC(CN2CCCC2)C1. The number of hydrogen-bond acceptors (Lipinski definition) is 4. The van der Waals surface area contributed by atoms with Gasteiger partial charge in [0.2, 0.25) is 0 Å². The van der Waals surface area contributed by atoms with Crippen molar-refractivity contribution in [2.75, 3.05) is 73.6 Å². The summed E-state index contributed by atoms with van der Waals surface area (Å²) in [7, 11) is 6.30. The van der Waals surface area contributed by atoms with Crippen molar-refractivity contribution in [3.05, 3.63) is 0 Å². The standard InChI is InChI=1S/C19H37N5O/c1-20-18(21-16-19(22(2)3)7-12-25-13-8-19)24-11-6-17(15-24)14-23-9-4-5-10-23/h17H,4-16H2,1-3H3,(H,20,21). The maximum absolute atomic E-state index is 5.59. The number of likely N-dealkylation sites (tertiary alicyclic amines) is 2. The van der Waals surface area contributed by atoms with Gasteiger partial charge in [0.15, 0.2) is 5.96 Å². The molecule has 1 unspecified atom stereocenters. The lowest BCUT2D eigenvalue weighted by Crippen LogP contribution is -2.57. The lowest BCUT2D eigenvalue weighted by atomic mass is 9.88. The van der Waals surface area contributed by atoms with Gasteiger partial charge in [0.25, 0.3) is 0 Å². The zero-order chi connectivity index (χ0) is 17.7. The van der Waals surface area contributed by atoms with Gasteiger partial charge in [-0.05, 0) is 65.2 Å².